The fraction of sp³-hybridized carbons (Fsp3) is 0.333. The fourth-order valence-electron chi connectivity index (χ4n) is 3.21. The molecule has 23 heavy (non-hydrogen) atoms. The Morgan fingerprint density at radius 2 is 2.09 bits per heavy atom. The molecular formula is C18H16FNO2S. The quantitative estimate of drug-likeness (QED) is 0.850. The number of benzene rings is 1. The molecule has 2 heterocycles. The number of thioether (sulfide) groups is 1. The Bertz CT molecular complexity index is 751. The first kappa shape index (κ1) is 14.8. The third kappa shape index (κ3) is 2.79. The lowest BCUT2D eigenvalue weighted by Gasteiger charge is -2.33. The molecule has 1 saturated carbocycles. The van der Waals surface area contributed by atoms with Crippen LogP contribution in [0.2, 0.25) is 0 Å². The van der Waals surface area contributed by atoms with Gasteiger partial charge in [-0.05, 0) is 42.3 Å². The molecule has 0 spiro atoms. The molecule has 0 bridgehead atoms. The van der Waals surface area contributed by atoms with Crippen molar-refractivity contribution in [3.05, 3.63) is 58.3 Å². The van der Waals surface area contributed by atoms with Crippen LogP contribution in [0.4, 0.5) is 4.39 Å². The average Bonchev–Trinajstić information content (AvgIpc) is 3.31. The summed E-state index contributed by atoms with van der Waals surface area (Å²) in [5.74, 6) is -0.185. The second-order valence-corrected chi connectivity index (χ2v) is 7.24. The van der Waals surface area contributed by atoms with E-state index in [1.54, 1.807) is 24.3 Å². The van der Waals surface area contributed by atoms with Gasteiger partial charge >= 0.3 is 0 Å². The van der Waals surface area contributed by atoms with Crippen LogP contribution in [0.5, 0.6) is 0 Å². The minimum atomic E-state index is -0.567. The Morgan fingerprint density at radius 1 is 1.30 bits per heavy atom. The Morgan fingerprint density at radius 3 is 2.83 bits per heavy atom. The lowest BCUT2D eigenvalue weighted by atomic mass is 9.95. The molecule has 0 saturated heterocycles. The van der Waals surface area contributed by atoms with Crippen LogP contribution < -0.4 is 0 Å². The number of ketones is 1. The van der Waals surface area contributed by atoms with Crippen molar-refractivity contribution in [1.29, 1.82) is 0 Å². The summed E-state index contributed by atoms with van der Waals surface area (Å²) < 4.78 is 14.3. The zero-order chi connectivity index (χ0) is 16.0. The Labute approximate surface area is 138 Å². The van der Waals surface area contributed by atoms with Crippen molar-refractivity contribution in [2.45, 2.75) is 18.9 Å². The number of fused-ring (bicyclic) bond motifs is 1. The van der Waals surface area contributed by atoms with Crippen LogP contribution in [0.1, 0.15) is 24.4 Å². The first-order chi connectivity index (χ1) is 11.1. The number of carbonyl (C=O) groups excluding carboxylic acids is 2. The zero-order valence-electron chi connectivity index (χ0n) is 12.5. The van der Waals surface area contributed by atoms with Crippen molar-refractivity contribution in [2.75, 3.05) is 13.1 Å². The molecule has 3 aliphatic rings. The van der Waals surface area contributed by atoms with Crippen molar-refractivity contribution in [3.63, 3.8) is 0 Å². The number of Topliss-reactive ketones (excluding diaryl/α,β-unsaturated/α-hetero) is 1. The Kier molecular flexibility index (Phi) is 3.70. The lowest BCUT2D eigenvalue weighted by molar-refractivity contribution is -0.125. The number of halogens is 1. The van der Waals surface area contributed by atoms with E-state index in [2.05, 4.69) is 0 Å². The highest BCUT2D eigenvalue weighted by molar-refractivity contribution is 8.18. The molecule has 1 unspecified atom stereocenters. The van der Waals surface area contributed by atoms with Gasteiger partial charge in [-0.3, -0.25) is 14.5 Å². The van der Waals surface area contributed by atoms with Gasteiger partial charge in [0, 0.05) is 29.5 Å². The number of hydrogen-bond acceptors (Lipinski definition) is 4. The second kappa shape index (κ2) is 5.73. The van der Waals surface area contributed by atoms with Gasteiger partial charge in [-0.2, -0.15) is 0 Å². The average molecular weight is 329 g/mol. The van der Waals surface area contributed by atoms with E-state index in [0.29, 0.717) is 18.7 Å². The first-order valence-corrected chi connectivity index (χ1v) is 8.60. The summed E-state index contributed by atoms with van der Waals surface area (Å²) in [5.41, 5.74) is 1.38. The van der Waals surface area contributed by atoms with Crippen LogP contribution >= 0.6 is 11.8 Å². The van der Waals surface area contributed by atoms with Gasteiger partial charge in [-0.15, -0.1) is 0 Å². The van der Waals surface area contributed by atoms with Crippen molar-refractivity contribution < 1.29 is 14.0 Å². The smallest absolute Gasteiger partial charge is 0.217 e. The lowest BCUT2D eigenvalue weighted by Crippen LogP contribution is -2.38. The molecule has 1 aromatic carbocycles. The predicted molar refractivity (Wildman–Crippen MR) is 87.2 cm³/mol. The highest BCUT2D eigenvalue weighted by Gasteiger charge is 2.40. The van der Waals surface area contributed by atoms with Gasteiger partial charge < -0.3 is 0 Å². The van der Waals surface area contributed by atoms with Gasteiger partial charge in [0.1, 0.15) is 5.82 Å². The number of nitrogens with zero attached hydrogens (tertiary/aromatic N) is 1. The van der Waals surface area contributed by atoms with Gasteiger partial charge in [0.15, 0.2) is 5.78 Å². The van der Waals surface area contributed by atoms with Gasteiger partial charge in [0.25, 0.3) is 0 Å². The molecule has 118 valence electrons. The minimum absolute atomic E-state index is 0.0315. The number of carbonyl (C=O) groups is 2. The molecule has 0 N–H and O–H groups in total. The Hall–Kier alpha value is -1.72. The zero-order valence-corrected chi connectivity index (χ0v) is 13.3. The van der Waals surface area contributed by atoms with Gasteiger partial charge in [0.2, 0.25) is 5.12 Å². The second-order valence-electron chi connectivity index (χ2n) is 6.19. The van der Waals surface area contributed by atoms with Gasteiger partial charge in [0.05, 0.1) is 6.04 Å². The van der Waals surface area contributed by atoms with E-state index in [1.807, 2.05) is 11.0 Å². The molecule has 1 aliphatic carbocycles. The molecule has 4 rings (SSSR count). The number of rotatable bonds is 4. The van der Waals surface area contributed by atoms with E-state index < -0.39 is 6.04 Å². The van der Waals surface area contributed by atoms with Crippen LogP contribution in [0.15, 0.2) is 46.9 Å². The van der Waals surface area contributed by atoms with E-state index in [9.17, 15) is 14.0 Å². The molecule has 0 amide bonds. The van der Waals surface area contributed by atoms with E-state index in [1.165, 1.54) is 17.8 Å². The third-order valence-electron chi connectivity index (χ3n) is 4.52. The molecule has 2 aliphatic heterocycles. The van der Waals surface area contributed by atoms with Crippen LogP contribution in [0.25, 0.3) is 0 Å². The SMILES string of the molecule is O=C1C=C2CN(C(C(=O)C3CC3)c3ccccc3F)CC=C2S1. The molecule has 0 aromatic heterocycles. The molecule has 1 atom stereocenters. The summed E-state index contributed by atoms with van der Waals surface area (Å²) in [5, 5.41) is 0.0315. The maximum Gasteiger partial charge on any atom is 0.217 e. The largest absolute Gasteiger partial charge is 0.297 e. The topological polar surface area (TPSA) is 37.4 Å². The summed E-state index contributed by atoms with van der Waals surface area (Å²) in [6.45, 7) is 1.08. The van der Waals surface area contributed by atoms with E-state index in [4.69, 9.17) is 0 Å². The monoisotopic (exact) mass is 329 g/mol. The van der Waals surface area contributed by atoms with Gasteiger partial charge in [-0.25, -0.2) is 4.39 Å². The predicted octanol–water partition coefficient (Wildman–Crippen LogP) is 3.25. The maximum atomic E-state index is 14.3. The highest BCUT2D eigenvalue weighted by Crippen LogP contribution is 2.41. The summed E-state index contributed by atoms with van der Waals surface area (Å²) in [7, 11) is 0. The van der Waals surface area contributed by atoms with Crippen LogP contribution in [-0.4, -0.2) is 28.9 Å². The van der Waals surface area contributed by atoms with Crippen molar-refractivity contribution in [2.24, 2.45) is 5.92 Å². The Balaban J connectivity index is 1.69. The minimum Gasteiger partial charge on any atom is -0.297 e. The normalized spacial score (nSPS) is 22.4. The van der Waals surface area contributed by atoms with E-state index >= 15 is 0 Å². The van der Waals surface area contributed by atoms with Crippen molar-refractivity contribution in [3.8, 4) is 0 Å². The maximum absolute atomic E-state index is 14.3. The molecule has 1 fully saturated rings. The van der Waals surface area contributed by atoms with Crippen LogP contribution in [0, 0.1) is 11.7 Å². The summed E-state index contributed by atoms with van der Waals surface area (Å²) in [6, 6.07) is 5.94. The molecule has 5 heteroatoms. The van der Waals surface area contributed by atoms with Gasteiger partial charge in [-0.1, -0.05) is 24.3 Å². The summed E-state index contributed by atoms with van der Waals surface area (Å²) in [6.07, 6.45) is 5.40. The number of hydrogen-bond donors (Lipinski definition) is 0. The fourth-order valence-corrected chi connectivity index (χ4v) is 4.04. The highest BCUT2D eigenvalue weighted by atomic mass is 32.2. The van der Waals surface area contributed by atoms with Crippen LogP contribution in [-0.2, 0) is 9.59 Å². The summed E-state index contributed by atoms with van der Waals surface area (Å²) in [4.78, 5) is 27.3. The molecule has 3 nitrogen and oxygen atoms in total. The third-order valence-corrected chi connectivity index (χ3v) is 5.49. The van der Waals surface area contributed by atoms with E-state index in [0.717, 1.165) is 23.3 Å². The summed E-state index contributed by atoms with van der Waals surface area (Å²) >= 11 is 1.23. The molecular weight excluding hydrogens is 313 g/mol. The standard InChI is InChI=1S/C18H16FNO2S/c19-14-4-2-1-3-13(14)17(18(22)11-5-6-11)20-8-7-15-12(10-20)9-16(21)23-15/h1-4,7,9,11,17H,5-6,8,10H2. The molecule has 1 aromatic rings. The van der Waals surface area contributed by atoms with Crippen LogP contribution in [0.3, 0.4) is 0 Å². The van der Waals surface area contributed by atoms with E-state index in [-0.39, 0.29) is 22.6 Å². The van der Waals surface area contributed by atoms with Crippen molar-refractivity contribution in [1.82, 2.24) is 4.90 Å². The molecule has 0 radical (unpaired) electrons. The van der Waals surface area contributed by atoms with Crippen molar-refractivity contribution >= 4 is 22.7 Å². The first-order valence-electron chi connectivity index (χ1n) is 7.78.